The number of anilines is 1. The van der Waals surface area contributed by atoms with Gasteiger partial charge in [0.25, 0.3) is 0 Å². The smallest absolute Gasteiger partial charge is 0.223 e. The van der Waals surface area contributed by atoms with Gasteiger partial charge in [-0.1, -0.05) is 23.3 Å². The summed E-state index contributed by atoms with van der Waals surface area (Å²) in [5.41, 5.74) is 8.01. The minimum Gasteiger partial charge on any atom is -0.396 e. The first-order valence-corrected chi connectivity index (χ1v) is 6.42. The van der Waals surface area contributed by atoms with Crippen LogP contribution in [0.2, 0.25) is 5.15 Å². The lowest BCUT2D eigenvalue weighted by Crippen LogP contribution is -2.10. The molecule has 100 valence electrons. The third-order valence-electron chi connectivity index (χ3n) is 3.52. The molecule has 2 heterocycles. The average Bonchev–Trinajstić information content (AvgIpc) is 2.92. The maximum Gasteiger partial charge on any atom is 0.223 e. The number of aromatic nitrogens is 4. The van der Waals surface area contributed by atoms with Crippen molar-refractivity contribution in [1.29, 1.82) is 0 Å². The van der Waals surface area contributed by atoms with Crippen LogP contribution in [-0.2, 0) is 0 Å². The summed E-state index contributed by atoms with van der Waals surface area (Å²) in [6, 6.07) is 0.132. The monoisotopic (exact) mass is 279 g/mol. The Morgan fingerprint density at radius 1 is 1.53 bits per heavy atom. The Bertz CT molecular complexity index is 665. The normalized spacial score (nSPS) is 23.0. The summed E-state index contributed by atoms with van der Waals surface area (Å²) in [6.07, 6.45) is 4.62. The van der Waals surface area contributed by atoms with E-state index in [1.54, 1.807) is 6.33 Å². The van der Waals surface area contributed by atoms with Crippen LogP contribution >= 0.6 is 11.6 Å². The van der Waals surface area contributed by atoms with Crippen molar-refractivity contribution in [2.75, 3.05) is 12.3 Å². The Labute approximate surface area is 114 Å². The van der Waals surface area contributed by atoms with Crippen molar-refractivity contribution in [3.05, 3.63) is 23.1 Å². The van der Waals surface area contributed by atoms with Crippen molar-refractivity contribution in [2.45, 2.75) is 19.4 Å². The van der Waals surface area contributed by atoms with Gasteiger partial charge < -0.3 is 15.4 Å². The van der Waals surface area contributed by atoms with Crippen molar-refractivity contribution in [3.63, 3.8) is 0 Å². The van der Waals surface area contributed by atoms with Crippen LogP contribution in [0, 0.1) is 5.92 Å². The molecule has 3 N–H and O–H groups in total. The summed E-state index contributed by atoms with van der Waals surface area (Å²) in [6.45, 7) is 2.19. The van der Waals surface area contributed by atoms with E-state index >= 15 is 0 Å². The molecule has 0 unspecified atom stereocenters. The molecule has 2 atom stereocenters. The second kappa shape index (κ2) is 4.47. The maximum absolute atomic E-state index is 9.26. The summed E-state index contributed by atoms with van der Waals surface area (Å²) in [5.74, 6) is 0.315. The van der Waals surface area contributed by atoms with E-state index in [1.807, 2.05) is 11.5 Å². The van der Waals surface area contributed by atoms with E-state index in [2.05, 4.69) is 21.0 Å². The molecule has 0 saturated carbocycles. The first-order chi connectivity index (χ1) is 9.10. The van der Waals surface area contributed by atoms with Crippen LogP contribution in [0.1, 0.15) is 19.4 Å². The van der Waals surface area contributed by atoms with Crippen molar-refractivity contribution >= 4 is 28.7 Å². The highest BCUT2D eigenvalue weighted by Gasteiger charge is 2.26. The number of hydrogen-bond donors (Lipinski definition) is 2. The molecule has 2 aromatic rings. The molecule has 0 aromatic carbocycles. The van der Waals surface area contributed by atoms with Gasteiger partial charge in [0.05, 0.1) is 12.4 Å². The standard InChI is InChI=1S/C12H14ClN5O/c1-6-2-7(4-19)3-8(6)18-5-15-9-10(13)16-12(14)17-11(9)18/h2,5,7-8,19H,3-4H2,1H3,(H2,14,16,17)/t7-,8-/m1/s1. The van der Waals surface area contributed by atoms with Gasteiger partial charge in [-0.3, -0.25) is 0 Å². The van der Waals surface area contributed by atoms with Crippen molar-refractivity contribution < 1.29 is 5.11 Å². The fourth-order valence-corrected chi connectivity index (χ4v) is 2.83. The molecule has 1 aliphatic rings. The van der Waals surface area contributed by atoms with E-state index in [0.29, 0.717) is 11.2 Å². The molecular formula is C12H14ClN5O. The molecule has 0 radical (unpaired) electrons. The summed E-state index contributed by atoms with van der Waals surface area (Å²) in [7, 11) is 0. The van der Waals surface area contributed by atoms with E-state index in [1.165, 1.54) is 5.57 Å². The van der Waals surface area contributed by atoms with Gasteiger partial charge in [0, 0.05) is 12.5 Å². The molecule has 0 saturated heterocycles. The summed E-state index contributed by atoms with van der Waals surface area (Å²) in [4.78, 5) is 12.4. The third-order valence-corrected chi connectivity index (χ3v) is 3.78. The molecule has 0 amide bonds. The lowest BCUT2D eigenvalue weighted by molar-refractivity contribution is 0.244. The van der Waals surface area contributed by atoms with Gasteiger partial charge in [-0.2, -0.15) is 9.97 Å². The van der Waals surface area contributed by atoms with Crippen molar-refractivity contribution in [3.8, 4) is 0 Å². The third kappa shape index (κ3) is 1.97. The topological polar surface area (TPSA) is 89.8 Å². The van der Waals surface area contributed by atoms with Crippen LogP contribution in [-0.4, -0.2) is 31.2 Å². The fourth-order valence-electron chi connectivity index (χ4n) is 2.61. The van der Waals surface area contributed by atoms with Crippen LogP contribution in [0.3, 0.4) is 0 Å². The molecule has 0 spiro atoms. The molecule has 2 aromatic heterocycles. The second-order valence-electron chi connectivity index (χ2n) is 4.80. The van der Waals surface area contributed by atoms with Gasteiger partial charge >= 0.3 is 0 Å². The number of allylic oxidation sites excluding steroid dienone is 1. The van der Waals surface area contributed by atoms with Crippen LogP contribution < -0.4 is 5.73 Å². The van der Waals surface area contributed by atoms with Crippen molar-refractivity contribution in [1.82, 2.24) is 19.5 Å². The zero-order valence-corrected chi connectivity index (χ0v) is 11.2. The first-order valence-electron chi connectivity index (χ1n) is 6.05. The Balaban J connectivity index is 2.10. The van der Waals surface area contributed by atoms with Crippen LogP contribution in [0.5, 0.6) is 0 Å². The Morgan fingerprint density at radius 2 is 2.32 bits per heavy atom. The van der Waals surface area contributed by atoms with Crippen LogP contribution in [0.15, 0.2) is 18.0 Å². The molecular weight excluding hydrogens is 266 g/mol. The van der Waals surface area contributed by atoms with E-state index in [9.17, 15) is 5.11 Å². The summed E-state index contributed by atoms with van der Waals surface area (Å²) < 4.78 is 1.95. The number of nitrogens with zero attached hydrogens (tertiary/aromatic N) is 4. The van der Waals surface area contributed by atoms with Crippen LogP contribution in [0.25, 0.3) is 11.2 Å². The lowest BCUT2D eigenvalue weighted by Gasteiger charge is -2.15. The molecule has 0 fully saturated rings. The lowest BCUT2D eigenvalue weighted by atomic mass is 10.1. The number of aliphatic hydroxyl groups excluding tert-OH is 1. The van der Waals surface area contributed by atoms with Crippen LogP contribution in [0.4, 0.5) is 5.95 Å². The molecule has 19 heavy (non-hydrogen) atoms. The van der Waals surface area contributed by atoms with Crippen molar-refractivity contribution in [2.24, 2.45) is 5.92 Å². The Kier molecular flexibility index (Phi) is 2.91. The average molecular weight is 280 g/mol. The van der Waals surface area contributed by atoms with E-state index in [-0.39, 0.29) is 29.7 Å². The zero-order chi connectivity index (χ0) is 13.6. The zero-order valence-electron chi connectivity index (χ0n) is 10.4. The largest absolute Gasteiger partial charge is 0.396 e. The number of fused-ring (bicyclic) bond motifs is 1. The number of aliphatic hydroxyl groups is 1. The minimum atomic E-state index is 0.132. The highest BCUT2D eigenvalue weighted by Crippen LogP contribution is 2.36. The number of halogens is 1. The summed E-state index contributed by atoms with van der Waals surface area (Å²) in [5, 5.41) is 9.53. The predicted octanol–water partition coefficient (Wildman–Crippen LogP) is 1.56. The fraction of sp³-hybridized carbons (Fsp3) is 0.417. The van der Waals surface area contributed by atoms with Gasteiger partial charge in [0.15, 0.2) is 10.8 Å². The molecule has 3 rings (SSSR count). The number of rotatable bonds is 2. The molecule has 6 nitrogen and oxygen atoms in total. The highest BCUT2D eigenvalue weighted by molar-refractivity contribution is 6.33. The molecule has 0 bridgehead atoms. The quantitative estimate of drug-likeness (QED) is 0.643. The van der Waals surface area contributed by atoms with E-state index in [4.69, 9.17) is 17.3 Å². The highest BCUT2D eigenvalue weighted by atomic mass is 35.5. The SMILES string of the molecule is CC1=C[C@@H](CO)C[C@H]1n1cnc2c(Cl)nc(N)nc21. The van der Waals surface area contributed by atoms with Gasteiger partial charge in [-0.25, -0.2) is 4.98 Å². The molecule has 7 heteroatoms. The maximum atomic E-state index is 9.26. The second-order valence-corrected chi connectivity index (χ2v) is 5.16. The number of hydrogen-bond acceptors (Lipinski definition) is 5. The number of imidazole rings is 1. The predicted molar refractivity (Wildman–Crippen MR) is 72.7 cm³/mol. The van der Waals surface area contributed by atoms with Gasteiger partial charge in [0.1, 0.15) is 5.52 Å². The van der Waals surface area contributed by atoms with E-state index in [0.717, 1.165) is 6.42 Å². The van der Waals surface area contributed by atoms with Gasteiger partial charge in [-0.15, -0.1) is 0 Å². The first kappa shape index (κ1) is 12.4. The van der Waals surface area contributed by atoms with Gasteiger partial charge in [-0.05, 0) is 13.3 Å². The number of nitrogen functional groups attached to an aromatic ring is 1. The van der Waals surface area contributed by atoms with Gasteiger partial charge in [0.2, 0.25) is 5.95 Å². The Morgan fingerprint density at radius 3 is 3.00 bits per heavy atom. The molecule has 0 aliphatic heterocycles. The summed E-state index contributed by atoms with van der Waals surface area (Å²) >= 11 is 6.01. The minimum absolute atomic E-state index is 0.132. The Hall–Kier alpha value is -1.66. The number of nitrogens with two attached hydrogens (primary N) is 1. The van der Waals surface area contributed by atoms with E-state index < -0.39 is 0 Å². The molecule has 1 aliphatic carbocycles.